The Bertz CT molecular complexity index is 474. The maximum absolute atomic E-state index is 12.0. The zero-order valence-electron chi connectivity index (χ0n) is 12.3. The Hall–Kier alpha value is -2.04. The maximum Gasteiger partial charge on any atom is 0.222 e. The van der Waals surface area contributed by atoms with Gasteiger partial charge in [0.1, 0.15) is 5.75 Å². The molecule has 0 aromatic heterocycles. The van der Waals surface area contributed by atoms with E-state index in [-0.39, 0.29) is 17.7 Å². The van der Waals surface area contributed by atoms with Crippen molar-refractivity contribution in [2.24, 2.45) is 11.7 Å². The zero-order valence-corrected chi connectivity index (χ0v) is 12.3. The fourth-order valence-electron chi connectivity index (χ4n) is 1.85. The van der Waals surface area contributed by atoms with E-state index in [1.807, 2.05) is 24.3 Å². The largest absolute Gasteiger partial charge is 0.496 e. The van der Waals surface area contributed by atoms with Gasteiger partial charge >= 0.3 is 0 Å². The molecule has 0 saturated heterocycles. The van der Waals surface area contributed by atoms with Crippen molar-refractivity contribution in [2.45, 2.75) is 26.3 Å². The third-order valence-corrected chi connectivity index (χ3v) is 3.30. The number of methoxy groups -OCH3 is 1. The second kappa shape index (κ2) is 7.53. The zero-order chi connectivity index (χ0) is 15.1. The lowest BCUT2D eigenvalue weighted by Gasteiger charge is -2.19. The van der Waals surface area contributed by atoms with E-state index in [1.54, 1.807) is 26.0 Å². The van der Waals surface area contributed by atoms with Gasteiger partial charge in [-0.2, -0.15) is 0 Å². The van der Waals surface area contributed by atoms with Crippen LogP contribution in [-0.2, 0) is 16.1 Å². The second-order valence-electron chi connectivity index (χ2n) is 4.90. The Balaban J connectivity index is 2.55. The molecule has 20 heavy (non-hydrogen) atoms. The van der Waals surface area contributed by atoms with Crippen LogP contribution in [0.4, 0.5) is 0 Å². The van der Waals surface area contributed by atoms with E-state index < -0.39 is 0 Å². The second-order valence-corrected chi connectivity index (χ2v) is 4.90. The lowest BCUT2D eigenvalue weighted by Crippen LogP contribution is -2.28. The van der Waals surface area contributed by atoms with Crippen molar-refractivity contribution in [1.82, 2.24) is 4.90 Å². The van der Waals surface area contributed by atoms with Gasteiger partial charge in [-0.25, -0.2) is 0 Å². The Morgan fingerprint density at radius 3 is 2.60 bits per heavy atom. The van der Waals surface area contributed by atoms with Gasteiger partial charge in [0.15, 0.2) is 0 Å². The third-order valence-electron chi connectivity index (χ3n) is 3.30. The third kappa shape index (κ3) is 4.57. The number of amides is 2. The lowest BCUT2D eigenvalue weighted by molar-refractivity contribution is -0.131. The van der Waals surface area contributed by atoms with E-state index >= 15 is 0 Å². The minimum atomic E-state index is -0.370. The van der Waals surface area contributed by atoms with Crippen molar-refractivity contribution in [3.8, 4) is 5.75 Å². The van der Waals surface area contributed by atoms with Crippen LogP contribution in [0.1, 0.15) is 25.3 Å². The number of carbonyl (C=O) groups is 2. The fourth-order valence-corrected chi connectivity index (χ4v) is 1.85. The van der Waals surface area contributed by atoms with Gasteiger partial charge in [-0.1, -0.05) is 25.1 Å². The molecule has 0 spiro atoms. The first kappa shape index (κ1) is 16.0. The minimum Gasteiger partial charge on any atom is -0.496 e. The molecule has 0 aliphatic carbocycles. The van der Waals surface area contributed by atoms with Gasteiger partial charge in [-0.05, 0) is 12.5 Å². The summed E-state index contributed by atoms with van der Waals surface area (Å²) in [6.07, 6.45) is 0.792. The molecule has 1 rings (SSSR count). The molecule has 0 aliphatic heterocycles. The number of ether oxygens (including phenoxy) is 1. The highest BCUT2D eigenvalue weighted by Gasteiger charge is 2.15. The molecule has 5 nitrogen and oxygen atoms in total. The van der Waals surface area contributed by atoms with Gasteiger partial charge < -0.3 is 15.4 Å². The van der Waals surface area contributed by atoms with E-state index in [9.17, 15) is 9.59 Å². The Kier molecular flexibility index (Phi) is 6.03. The summed E-state index contributed by atoms with van der Waals surface area (Å²) < 4.78 is 5.26. The van der Waals surface area contributed by atoms with Crippen molar-refractivity contribution >= 4 is 11.8 Å². The van der Waals surface area contributed by atoms with E-state index in [1.165, 1.54) is 0 Å². The first-order valence-corrected chi connectivity index (χ1v) is 6.61. The van der Waals surface area contributed by atoms with Gasteiger partial charge in [-0.3, -0.25) is 9.59 Å². The molecule has 0 radical (unpaired) electrons. The molecule has 1 atom stereocenters. The number of nitrogens with zero attached hydrogens (tertiary/aromatic N) is 1. The summed E-state index contributed by atoms with van der Waals surface area (Å²) in [5.74, 6) is 0.102. The molecule has 5 heteroatoms. The van der Waals surface area contributed by atoms with Gasteiger partial charge in [0, 0.05) is 31.5 Å². The van der Waals surface area contributed by atoms with Gasteiger partial charge in [0.2, 0.25) is 11.8 Å². The number of hydrogen-bond donors (Lipinski definition) is 1. The van der Waals surface area contributed by atoms with E-state index in [4.69, 9.17) is 10.5 Å². The molecular formula is C15H22N2O3. The van der Waals surface area contributed by atoms with E-state index in [0.717, 1.165) is 11.3 Å². The summed E-state index contributed by atoms with van der Waals surface area (Å²) in [5.41, 5.74) is 6.13. The van der Waals surface area contributed by atoms with Gasteiger partial charge in [0.05, 0.1) is 7.11 Å². The number of rotatable bonds is 7. The van der Waals surface area contributed by atoms with Crippen LogP contribution < -0.4 is 10.5 Å². The summed E-state index contributed by atoms with van der Waals surface area (Å²) in [6.45, 7) is 2.21. The van der Waals surface area contributed by atoms with Crippen LogP contribution in [0.2, 0.25) is 0 Å². The summed E-state index contributed by atoms with van der Waals surface area (Å²) in [6, 6.07) is 7.58. The fraction of sp³-hybridized carbons (Fsp3) is 0.467. The lowest BCUT2D eigenvalue weighted by atomic mass is 10.0. The summed E-state index contributed by atoms with van der Waals surface area (Å²) in [7, 11) is 3.35. The van der Waals surface area contributed by atoms with Crippen molar-refractivity contribution in [3.63, 3.8) is 0 Å². The highest BCUT2D eigenvalue weighted by molar-refractivity contribution is 5.79. The van der Waals surface area contributed by atoms with Gasteiger partial charge in [0.25, 0.3) is 0 Å². The number of para-hydroxylation sites is 1. The summed E-state index contributed by atoms with van der Waals surface area (Å²) >= 11 is 0. The topological polar surface area (TPSA) is 72.6 Å². The molecular weight excluding hydrogens is 256 g/mol. The number of nitrogens with two attached hydrogens (primary N) is 1. The minimum absolute atomic E-state index is 0.0102. The normalized spacial score (nSPS) is 11.8. The molecule has 0 bridgehead atoms. The Morgan fingerprint density at radius 1 is 1.35 bits per heavy atom. The molecule has 1 aromatic rings. The maximum atomic E-state index is 12.0. The van der Waals surface area contributed by atoms with Crippen LogP contribution in [-0.4, -0.2) is 30.9 Å². The molecule has 0 fully saturated rings. The predicted molar refractivity (Wildman–Crippen MR) is 77.1 cm³/mol. The van der Waals surface area contributed by atoms with Crippen LogP contribution in [0, 0.1) is 5.92 Å². The molecule has 0 aliphatic rings. The molecule has 1 aromatic carbocycles. The summed E-state index contributed by atoms with van der Waals surface area (Å²) in [5, 5.41) is 0. The predicted octanol–water partition coefficient (Wildman–Crippen LogP) is 1.56. The molecule has 0 heterocycles. The highest BCUT2D eigenvalue weighted by atomic mass is 16.5. The smallest absolute Gasteiger partial charge is 0.222 e. The molecule has 110 valence electrons. The van der Waals surface area contributed by atoms with Crippen molar-refractivity contribution < 1.29 is 14.3 Å². The first-order valence-electron chi connectivity index (χ1n) is 6.61. The van der Waals surface area contributed by atoms with Crippen LogP contribution in [0.3, 0.4) is 0 Å². The van der Waals surface area contributed by atoms with Crippen LogP contribution in [0.5, 0.6) is 5.75 Å². The molecule has 2 N–H and O–H groups in total. The number of primary amides is 1. The number of benzene rings is 1. The van der Waals surface area contributed by atoms with Crippen LogP contribution in [0.25, 0.3) is 0 Å². The molecule has 0 unspecified atom stereocenters. The molecule has 0 saturated carbocycles. The van der Waals surface area contributed by atoms with Crippen molar-refractivity contribution in [3.05, 3.63) is 29.8 Å². The van der Waals surface area contributed by atoms with Crippen LogP contribution >= 0.6 is 0 Å². The van der Waals surface area contributed by atoms with Gasteiger partial charge in [-0.15, -0.1) is 0 Å². The number of carbonyl (C=O) groups excluding carboxylic acids is 2. The highest BCUT2D eigenvalue weighted by Crippen LogP contribution is 2.19. The molecule has 2 amide bonds. The van der Waals surface area contributed by atoms with E-state index in [2.05, 4.69) is 0 Å². The number of hydrogen-bond acceptors (Lipinski definition) is 3. The van der Waals surface area contributed by atoms with Crippen molar-refractivity contribution in [1.29, 1.82) is 0 Å². The standard InChI is InChI=1S/C15H22N2O3/c1-11(15(16)19)8-9-14(18)17(2)10-12-6-4-5-7-13(12)20-3/h4-7,11H,8-10H2,1-3H3,(H2,16,19)/t11-/m0/s1. The van der Waals surface area contributed by atoms with Crippen molar-refractivity contribution in [2.75, 3.05) is 14.2 Å². The Labute approximate surface area is 119 Å². The van der Waals surface area contributed by atoms with E-state index in [0.29, 0.717) is 19.4 Å². The average Bonchev–Trinajstić information content (AvgIpc) is 2.44. The SMILES string of the molecule is COc1ccccc1CN(C)C(=O)CC[C@H](C)C(N)=O. The first-order chi connectivity index (χ1) is 9.45. The van der Waals surface area contributed by atoms with Crippen LogP contribution in [0.15, 0.2) is 24.3 Å². The average molecular weight is 278 g/mol. The summed E-state index contributed by atoms with van der Waals surface area (Å²) in [4.78, 5) is 24.6. The Morgan fingerprint density at radius 2 is 2.00 bits per heavy atom. The monoisotopic (exact) mass is 278 g/mol. The quantitative estimate of drug-likeness (QED) is 0.822.